The smallest absolute Gasteiger partial charge is 0.269 e. The molecular formula is C18H15N7O3. The second kappa shape index (κ2) is 6.91. The summed E-state index contributed by atoms with van der Waals surface area (Å²) in [5.41, 5.74) is 2.24. The lowest BCUT2D eigenvalue weighted by Crippen LogP contribution is -2.31. The van der Waals surface area contributed by atoms with E-state index in [-0.39, 0.29) is 11.6 Å². The van der Waals surface area contributed by atoms with Crippen LogP contribution in [0.1, 0.15) is 18.5 Å². The number of anilines is 2. The summed E-state index contributed by atoms with van der Waals surface area (Å²) in [5.74, 6) is 0.154. The van der Waals surface area contributed by atoms with Gasteiger partial charge in [-0.05, 0) is 36.8 Å². The number of amides is 1. The molecular weight excluding hydrogens is 362 g/mol. The van der Waals surface area contributed by atoms with E-state index >= 15 is 0 Å². The third-order valence-corrected chi connectivity index (χ3v) is 4.38. The van der Waals surface area contributed by atoms with Gasteiger partial charge >= 0.3 is 0 Å². The average molecular weight is 377 g/mol. The molecule has 140 valence electrons. The Bertz CT molecular complexity index is 1070. The minimum Gasteiger partial charge on any atom is -0.328 e. The molecule has 10 nitrogen and oxygen atoms in total. The van der Waals surface area contributed by atoms with E-state index in [2.05, 4.69) is 25.7 Å². The SMILES string of the molecule is CC1=C(C(=O)Nc2cccnc2)[C@H](c2ccc([N+](=O)[O-])cc2)n2ncnc2N1. The zero-order valence-corrected chi connectivity index (χ0v) is 14.7. The maximum atomic E-state index is 13.1. The van der Waals surface area contributed by atoms with E-state index in [1.807, 2.05) is 0 Å². The molecule has 1 aromatic carbocycles. The maximum Gasteiger partial charge on any atom is 0.269 e. The van der Waals surface area contributed by atoms with Gasteiger partial charge in [0.15, 0.2) is 0 Å². The number of carbonyl (C=O) groups is 1. The highest BCUT2D eigenvalue weighted by Crippen LogP contribution is 2.35. The summed E-state index contributed by atoms with van der Waals surface area (Å²) in [7, 11) is 0. The normalized spacial score (nSPS) is 15.5. The number of fused-ring (bicyclic) bond motifs is 1. The zero-order valence-electron chi connectivity index (χ0n) is 14.7. The van der Waals surface area contributed by atoms with Crippen LogP contribution in [0.15, 0.2) is 66.4 Å². The number of allylic oxidation sites excluding steroid dienone is 1. The van der Waals surface area contributed by atoms with Crippen LogP contribution < -0.4 is 10.6 Å². The summed E-state index contributed by atoms with van der Waals surface area (Å²) in [6.07, 6.45) is 4.55. The van der Waals surface area contributed by atoms with Gasteiger partial charge in [0.1, 0.15) is 12.4 Å². The second-order valence-corrected chi connectivity index (χ2v) is 6.14. The van der Waals surface area contributed by atoms with Crippen LogP contribution in [-0.4, -0.2) is 30.6 Å². The summed E-state index contributed by atoms with van der Waals surface area (Å²) in [4.78, 5) is 31.7. The van der Waals surface area contributed by atoms with Crippen LogP contribution >= 0.6 is 0 Å². The fraction of sp³-hybridized carbons (Fsp3) is 0.111. The monoisotopic (exact) mass is 377 g/mol. The number of nitrogens with zero attached hydrogens (tertiary/aromatic N) is 5. The van der Waals surface area contributed by atoms with E-state index in [4.69, 9.17) is 0 Å². The summed E-state index contributed by atoms with van der Waals surface area (Å²) >= 11 is 0. The van der Waals surface area contributed by atoms with E-state index in [9.17, 15) is 14.9 Å². The number of nitro groups is 1. The van der Waals surface area contributed by atoms with E-state index in [1.165, 1.54) is 18.5 Å². The summed E-state index contributed by atoms with van der Waals surface area (Å²) in [6.45, 7) is 1.77. The minimum absolute atomic E-state index is 0.0291. The van der Waals surface area contributed by atoms with Crippen molar-refractivity contribution in [2.24, 2.45) is 0 Å². The van der Waals surface area contributed by atoms with E-state index in [0.717, 1.165) is 0 Å². The number of benzene rings is 1. The molecule has 0 radical (unpaired) electrons. The third-order valence-electron chi connectivity index (χ3n) is 4.38. The van der Waals surface area contributed by atoms with E-state index < -0.39 is 11.0 Å². The molecule has 0 fully saturated rings. The highest BCUT2D eigenvalue weighted by molar-refractivity contribution is 6.05. The van der Waals surface area contributed by atoms with Gasteiger partial charge in [0.25, 0.3) is 11.6 Å². The molecule has 1 aliphatic rings. The summed E-state index contributed by atoms with van der Waals surface area (Å²) < 4.78 is 1.58. The van der Waals surface area contributed by atoms with Crippen LogP contribution in [0.25, 0.3) is 0 Å². The Balaban J connectivity index is 1.76. The molecule has 2 aromatic heterocycles. The first-order valence-electron chi connectivity index (χ1n) is 8.37. The number of hydrogen-bond donors (Lipinski definition) is 2. The van der Waals surface area contributed by atoms with Gasteiger partial charge in [0, 0.05) is 24.0 Å². The zero-order chi connectivity index (χ0) is 19.7. The number of non-ortho nitro benzene ring substituents is 1. The molecule has 28 heavy (non-hydrogen) atoms. The van der Waals surface area contributed by atoms with Crippen LogP contribution in [0, 0.1) is 10.1 Å². The van der Waals surface area contributed by atoms with Crippen molar-refractivity contribution in [3.05, 3.63) is 82.1 Å². The maximum absolute atomic E-state index is 13.1. The predicted octanol–water partition coefficient (Wildman–Crippen LogP) is 2.51. The van der Waals surface area contributed by atoms with E-state index in [0.29, 0.717) is 28.5 Å². The van der Waals surface area contributed by atoms with Crippen molar-refractivity contribution in [1.82, 2.24) is 19.7 Å². The Morgan fingerprint density at radius 2 is 2.07 bits per heavy atom. The minimum atomic E-state index is -0.587. The van der Waals surface area contributed by atoms with Crippen molar-refractivity contribution in [1.29, 1.82) is 0 Å². The number of hydrogen-bond acceptors (Lipinski definition) is 7. The lowest BCUT2D eigenvalue weighted by molar-refractivity contribution is -0.384. The number of pyridine rings is 1. The van der Waals surface area contributed by atoms with Crippen molar-refractivity contribution in [2.75, 3.05) is 10.6 Å². The molecule has 3 heterocycles. The molecule has 4 rings (SSSR count). The Hall–Kier alpha value is -4.08. The molecule has 1 atom stereocenters. The largest absolute Gasteiger partial charge is 0.328 e. The van der Waals surface area contributed by atoms with Gasteiger partial charge in [-0.1, -0.05) is 0 Å². The number of carbonyl (C=O) groups excluding carboxylic acids is 1. The van der Waals surface area contributed by atoms with Crippen molar-refractivity contribution in [3.8, 4) is 0 Å². The Morgan fingerprint density at radius 1 is 1.29 bits per heavy atom. The van der Waals surface area contributed by atoms with Crippen LogP contribution in [0.2, 0.25) is 0 Å². The first-order chi connectivity index (χ1) is 13.5. The third kappa shape index (κ3) is 3.07. The molecule has 0 aliphatic carbocycles. The molecule has 1 aliphatic heterocycles. The van der Waals surface area contributed by atoms with Crippen molar-refractivity contribution in [2.45, 2.75) is 13.0 Å². The quantitative estimate of drug-likeness (QED) is 0.528. The lowest BCUT2D eigenvalue weighted by Gasteiger charge is -2.28. The van der Waals surface area contributed by atoms with Crippen molar-refractivity contribution < 1.29 is 9.72 Å². The van der Waals surface area contributed by atoms with Gasteiger partial charge in [-0.25, -0.2) is 4.68 Å². The van der Waals surface area contributed by atoms with Crippen molar-refractivity contribution in [3.63, 3.8) is 0 Å². The number of aromatic nitrogens is 4. The molecule has 3 aromatic rings. The fourth-order valence-electron chi connectivity index (χ4n) is 3.11. The number of nitro benzene ring substituents is 1. The predicted molar refractivity (Wildman–Crippen MR) is 100 cm³/mol. The average Bonchev–Trinajstić information content (AvgIpc) is 3.15. The molecule has 2 N–H and O–H groups in total. The molecule has 10 heteroatoms. The standard InChI is InChI=1S/C18H15N7O3/c1-11-15(17(26)23-13-3-2-8-19-9-13)16(24-18(22-11)20-10-21-24)12-4-6-14(7-5-12)25(27)28/h2-10,16H,1H3,(H,23,26)(H,20,21,22)/t16-/m0/s1. The van der Waals surface area contributed by atoms with Gasteiger partial charge in [0.2, 0.25) is 5.95 Å². The van der Waals surface area contributed by atoms with Gasteiger partial charge < -0.3 is 10.6 Å². The van der Waals surface area contributed by atoms with Gasteiger partial charge in [0.05, 0.1) is 22.4 Å². The summed E-state index contributed by atoms with van der Waals surface area (Å²) in [6, 6.07) is 8.91. The lowest BCUT2D eigenvalue weighted by atomic mass is 9.95. The Morgan fingerprint density at radius 3 is 2.75 bits per heavy atom. The van der Waals surface area contributed by atoms with Crippen LogP contribution in [0.4, 0.5) is 17.3 Å². The van der Waals surface area contributed by atoms with Gasteiger partial charge in [-0.15, -0.1) is 0 Å². The molecule has 0 spiro atoms. The highest BCUT2D eigenvalue weighted by atomic mass is 16.6. The van der Waals surface area contributed by atoms with Crippen LogP contribution in [0.5, 0.6) is 0 Å². The Kier molecular flexibility index (Phi) is 4.28. The van der Waals surface area contributed by atoms with E-state index in [1.54, 1.807) is 48.3 Å². The molecule has 0 unspecified atom stereocenters. The first kappa shape index (κ1) is 17.3. The first-order valence-corrected chi connectivity index (χ1v) is 8.37. The van der Waals surface area contributed by atoms with Crippen LogP contribution in [0.3, 0.4) is 0 Å². The molecule has 0 bridgehead atoms. The Labute approximate surface area is 159 Å². The number of nitrogens with one attached hydrogen (secondary N) is 2. The molecule has 0 saturated heterocycles. The van der Waals surface area contributed by atoms with Gasteiger partial charge in [-0.2, -0.15) is 10.1 Å². The second-order valence-electron chi connectivity index (χ2n) is 6.14. The number of rotatable bonds is 4. The summed E-state index contributed by atoms with van der Waals surface area (Å²) in [5, 5.41) is 21.1. The van der Waals surface area contributed by atoms with Gasteiger partial charge in [-0.3, -0.25) is 19.9 Å². The fourth-order valence-corrected chi connectivity index (χ4v) is 3.11. The molecule has 1 amide bonds. The van der Waals surface area contributed by atoms with Crippen LogP contribution in [-0.2, 0) is 4.79 Å². The van der Waals surface area contributed by atoms with Crippen molar-refractivity contribution >= 4 is 23.2 Å². The highest BCUT2D eigenvalue weighted by Gasteiger charge is 2.33. The topological polar surface area (TPSA) is 128 Å². The molecule has 0 saturated carbocycles.